The quantitative estimate of drug-likeness (QED) is 0.766. The number of carbonyl (C=O) groups excluding carboxylic acids is 1. The average molecular weight is 213 g/mol. The molecule has 0 aromatic heterocycles. The van der Waals surface area contributed by atoms with Gasteiger partial charge in [0.05, 0.1) is 0 Å². The van der Waals surface area contributed by atoms with Crippen molar-refractivity contribution < 1.29 is 4.79 Å². The Morgan fingerprint density at radius 1 is 1.00 bits per heavy atom. The second-order valence-corrected chi connectivity index (χ2v) is 6.36. The van der Waals surface area contributed by atoms with Crippen molar-refractivity contribution in [2.24, 2.45) is 16.2 Å². The lowest BCUT2D eigenvalue weighted by molar-refractivity contribution is -0.141. The molecule has 15 heavy (non-hydrogen) atoms. The molecule has 0 saturated carbocycles. The van der Waals surface area contributed by atoms with Gasteiger partial charge in [0, 0.05) is 12.0 Å². The monoisotopic (exact) mass is 213 g/mol. The maximum absolute atomic E-state index is 12.0. The van der Waals surface area contributed by atoms with Gasteiger partial charge in [0.2, 0.25) is 5.91 Å². The Balaban J connectivity index is 5.10. The van der Waals surface area contributed by atoms with Crippen LogP contribution in [0.4, 0.5) is 0 Å². The van der Waals surface area contributed by atoms with Crippen molar-refractivity contribution in [3.05, 3.63) is 0 Å². The maximum Gasteiger partial charge on any atom is 0.226 e. The zero-order chi connectivity index (χ0) is 12.5. The van der Waals surface area contributed by atoms with Crippen LogP contribution in [0.15, 0.2) is 0 Å². The first-order chi connectivity index (χ1) is 6.48. The summed E-state index contributed by atoms with van der Waals surface area (Å²) in [5.41, 5.74) is -0.317. The van der Waals surface area contributed by atoms with E-state index < -0.39 is 0 Å². The number of carbonyl (C=O) groups is 1. The SMILES string of the molecule is CCNC(=O)C(C)(C)C(C)(C)C(C)(C)C. The summed E-state index contributed by atoms with van der Waals surface area (Å²) in [4.78, 5) is 12.0. The minimum Gasteiger partial charge on any atom is -0.356 e. The van der Waals surface area contributed by atoms with E-state index in [0.29, 0.717) is 6.54 Å². The van der Waals surface area contributed by atoms with E-state index in [1.807, 2.05) is 20.8 Å². The maximum atomic E-state index is 12.0. The number of nitrogens with one attached hydrogen (secondary N) is 1. The van der Waals surface area contributed by atoms with Crippen LogP contribution in [0.5, 0.6) is 0 Å². The topological polar surface area (TPSA) is 29.1 Å². The molecule has 0 aromatic carbocycles. The highest BCUT2D eigenvalue weighted by molar-refractivity contribution is 5.82. The second-order valence-electron chi connectivity index (χ2n) is 6.36. The van der Waals surface area contributed by atoms with Gasteiger partial charge in [-0.1, -0.05) is 48.5 Å². The van der Waals surface area contributed by atoms with Gasteiger partial charge >= 0.3 is 0 Å². The van der Waals surface area contributed by atoms with Gasteiger partial charge in [-0.05, 0) is 17.8 Å². The van der Waals surface area contributed by atoms with Gasteiger partial charge < -0.3 is 5.32 Å². The molecule has 0 bridgehead atoms. The number of hydrogen-bond acceptors (Lipinski definition) is 1. The van der Waals surface area contributed by atoms with E-state index in [0.717, 1.165) is 0 Å². The summed E-state index contributed by atoms with van der Waals surface area (Å²) in [6.07, 6.45) is 0. The summed E-state index contributed by atoms with van der Waals surface area (Å²) in [6, 6.07) is 0. The summed E-state index contributed by atoms with van der Waals surface area (Å²) >= 11 is 0. The van der Waals surface area contributed by atoms with Crippen molar-refractivity contribution in [2.45, 2.75) is 55.4 Å². The van der Waals surface area contributed by atoms with Crippen molar-refractivity contribution >= 4 is 5.91 Å². The minimum absolute atomic E-state index is 0.0563. The molecular formula is C13H27NO. The lowest BCUT2D eigenvalue weighted by Gasteiger charge is -2.49. The fourth-order valence-electron chi connectivity index (χ4n) is 1.60. The first-order valence-corrected chi connectivity index (χ1v) is 5.76. The summed E-state index contributed by atoms with van der Waals surface area (Å²) in [5.74, 6) is 0.143. The molecule has 2 nitrogen and oxygen atoms in total. The predicted molar refractivity (Wildman–Crippen MR) is 65.7 cm³/mol. The van der Waals surface area contributed by atoms with Crippen LogP contribution in [0.3, 0.4) is 0 Å². The summed E-state index contributed by atoms with van der Waals surface area (Å²) < 4.78 is 0. The molecule has 1 N–H and O–H groups in total. The Morgan fingerprint density at radius 3 is 1.67 bits per heavy atom. The van der Waals surface area contributed by atoms with Gasteiger partial charge in [-0.15, -0.1) is 0 Å². The largest absolute Gasteiger partial charge is 0.356 e. The van der Waals surface area contributed by atoms with Gasteiger partial charge in [0.25, 0.3) is 0 Å². The molecule has 0 atom stereocenters. The van der Waals surface area contributed by atoms with Gasteiger partial charge in [-0.2, -0.15) is 0 Å². The van der Waals surface area contributed by atoms with Gasteiger partial charge in [0.15, 0.2) is 0 Å². The lowest BCUT2D eigenvalue weighted by atomic mass is 9.55. The first kappa shape index (κ1) is 14.5. The molecule has 0 unspecified atom stereocenters. The van der Waals surface area contributed by atoms with E-state index in [9.17, 15) is 4.79 Å². The Morgan fingerprint density at radius 2 is 1.40 bits per heavy atom. The van der Waals surface area contributed by atoms with E-state index in [-0.39, 0.29) is 22.2 Å². The van der Waals surface area contributed by atoms with E-state index >= 15 is 0 Å². The van der Waals surface area contributed by atoms with E-state index in [2.05, 4.69) is 39.9 Å². The lowest BCUT2D eigenvalue weighted by Crippen LogP contribution is -2.51. The van der Waals surface area contributed by atoms with E-state index in [4.69, 9.17) is 0 Å². The molecule has 1 amide bonds. The summed E-state index contributed by atoms with van der Waals surface area (Å²) in [6.45, 7) is 17.6. The van der Waals surface area contributed by atoms with Gasteiger partial charge in [-0.25, -0.2) is 0 Å². The van der Waals surface area contributed by atoms with Crippen molar-refractivity contribution in [2.75, 3.05) is 6.54 Å². The predicted octanol–water partition coefficient (Wildman–Crippen LogP) is 3.22. The third-order valence-electron chi connectivity index (χ3n) is 4.34. The average Bonchev–Trinajstić information content (AvgIpc) is 2.02. The smallest absolute Gasteiger partial charge is 0.226 e. The van der Waals surface area contributed by atoms with Crippen LogP contribution >= 0.6 is 0 Å². The minimum atomic E-state index is -0.360. The second kappa shape index (κ2) is 4.15. The van der Waals surface area contributed by atoms with Crippen LogP contribution in [-0.2, 0) is 4.79 Å². The van der Waals surface area contributed by atoms with Crippen molar-refractivity contribution in [1.29, 1.82) is 0 Å². The fraction of sp³-hybridized carbons (Fsp3) is 0.923. The normalized spacial score (nSPS) is 13.9. The highest BCUT2D eigenvalue weighted by atomic mass is 16.2. The molecule has 90 valence electrons. The Kier molecular flexibility index (Phi) is 4.00. The summed E-state index contributed by atoms with van der Waals surface area (Å²) in [5, 5.41) is 2.93. The zero-order valence-electron chi connectivity index (χ0n) is 11.6. The molecule has 0 saturated heterocycles. The third-order valence-corrected chi connectivity index (χ3v) is 4.34. The molecule has 0 aliphatic heterocycles. The highest BCUT2D eigenvalue weighted by Gasteiger charge is 2.49. The standard InChI is InChI=1S/C13H27NO/c1-9-14-10(15)12(5,6)13(7,8)11(2,3)4/h9H2,1-8H3,(H,14,15). The molecular weight excluding hydrogens is 186 g/mol. The first-order valence-electron chi connectivity index (χ1n) is 5.76. The molecule has 0 heterocycles. The Labute approximate surface area is 94.8 Å². The molecule has 0 radical (unpaired) electrons. The molecule has 0 aliphatic carbocycles. The van der Waals surface area contributed by atoms with Crippen LogP contribution in [0, 0.1) is 16.2 Å². The van der Waals surface area contributed by atoms with Crippen LogP contribution < -0.4 is 5.32 Å². The highest BCUT2D eigenvalue weighted by Crippen LogP contribution is 2.51. The zero-order valence-corrected chi connectivity index (χ0v) is 11.6. The van der Waals surface area contributed by atoms with Crippen LogP contribution in [0.25, 0.3) is 0 Å². The van der Waals surface area contributed by atoms with Crippen LogP contribution in [-0.4, -0.2) is 12.5 Å². The fourth-order valence-corrected chi connectivity index (χ4v) is 1.60. The van der Waals surface area contributed by atoms with E-state index in [1.165, 1.54) is 0 Å². The Bertz CT molecular complexity index is 233. The number of hydrogen-bond donors (Lipinski definition) is 1. The van der Waals surface area contributed by atoms with Crippen molar-refractivity contribution in [1.82, 2.24) is 5.32 Å². The van der Waals surface area contributed by atoms with Crippen LogP contribution in [0.2, 0.25) is 0 Å². The molecule has 2 heteroatoms. The number of amides is 1. The van der Waals surface area contributed by atoms with Crippen LogP contribution in [0.1, 0.15) is 55.4 Å². The van der Waals surface area contributed by atoms with E-state index in [1.54, 1.807) is 0 Å². The van der Waals surface area contributed by atoms with Crippen molar-refractivity contribution in [3.8, 4) is 0 Å². The summed E-state index contributed by atoms with van der Waals surface area (Å²) in [7, 11) is 0. The molecule has 0 fully saturated rings. The van der Waals surface area contributed by atoms with Crippen molar-refractivity contribution in [3.63, 3.8) is 0 Å². The molecule has 0 rings (SSSR count). The third kappa shape index (κ3) is 2.53. The number of rotatable bonds is 3. The molecule has 0 aliphatic rings. The van der Waals surface area contributed by atoms with Gasteiger partial charge in [-0.3, -0.25) is 4.79 Å². The molecule has 0 aromatic rings. The van der Waals surface area contributed by atoms with Gasteiger partial charge in [0.1, 0.15) is 0 Å². The Hall–Kier alpha value is -0.530. The molecule has 0 spiro atoms.